The summed E-state index contributed by atoms with van der Waals surface area (Å²) in [6.07, 6.45) is 2.56. The minimum absolute atomic E-state index is 0.802. The van der Waals surface area contributed by atoms with Crippen LogP contribution in [0.2, 0.25) is 25.7 Å². The van der Waals surface area contributed by atoms with Gasteiger partial charge in [-0.05, 0) is 36.0 Å². The van der Waals surface area contributed by atoms with E-state index in [-0.39, 0.29) is 0 Å². The summed E-state index contributed by atoms with van der Waals surface area (Å²) in [5.74, 6) is 2.68. The van der Waals surface area contributed by atoms with Gasteiger partial charge in [0.25, 0.3) is 0 Å². The summed E-state index contributed by atoms with van der Waals surface area (Å²) in [5.41, 5.74) is 1.48. The normalized spacial score (nSPS) is 11.7. The van der Waals surface area contributed by atoms with E-state index in [9.17, 15) is 0 Å². The molecule has 0 aliphatic rings. The van der Waals surface area contributed by atoms with Gasteiger partial charge in [0.05, 0.1) is 0 Å². The summed E-state index contributed by atoms with van der Waals surface area (Å²) in [6, 6.07) is 12.3. The number of benzene rings is 1. The number of aryl methyl sites for hydroxylation is 1. The van der Waals surface area contributed by atoms with E-state index < -0.39 is 8.07 Å². The molecule has 90 valence electrons. The molecule has 0 saturated heterocycles. The van der Waals surface area contributed by atoms with Crippen molar-refractivity contribution in [3.05, 3.63) is 35.9 Å². The molecule has 0 aliphatic heterocycles. The molecule has 0 bridgehead atoms. The average Bonchev–Trinajstić information content (AvgIpc) is 2.23. The molecule has 0 spiro atoms. The zero-order valence-electron chi connectivity index (χ0n) is 10.8. The van der Waals surface area contributed by atoms with Crippen molar-refractivity contribution in [3.8, 4) is 0 Å². The third-order valence-electron chi connectivity index (χ3n) is 2.59. The quantitative estimate of drug-likeness (QED) is 0.501. The Kier molecular flexibility index (Phi) is 6.21. The van der Waals surface area contributed by atoms with Gasteiger partial charge in [-0.2, -0.15) is 11.8 Å². The van der Waals surface area contributed by atoms with Gasteiger partial charge < -0.3 is 0 Å². The van der Waals surface area contributed by atoms with Crippen LogP contribution in [0.5, 0.6) is 0 Å². The summed E-state index contributed by atoms with van der Waals surface area (Å²) in [4.78, 5) is 0. The Morgan fingerprint density at radius 3 is 2.31 bits per heavy atom. The van der Waals surface area contributed by atoms with Crippen LogP contribution in [0, 0.1) is 0 Å². The number of hydrogen-bond acceptors (Lipinski definition) is 1. The van der Waals surface area contributed by atoms with Crippen LogP contribution in [0.4, 0.5) is 0 Å². The van der Waals surface area contributed by atoms with E-state index >= 15 is 0 Å². The minimum atomic E-state index is -0.802. The molecule has 16 heavy (non-hydrogen) atoms. The van der Waals surface area contributed by atoms with Gasteiger partial charge in [0.2, 0.25) is 0 Å². The molecule has 1 aromatic carbocycles. The molecule has 0 saturated carbocycles. The second-order valence-electron chi connectivity index (χ2n) is 5.51. The molecule has 0 fully saturated rings. The van der Waals surface area contributed by atoms with Crippen molar-refractivity contribution in [1.29, 1.82) is 0 Å². The zero-order chi connectivity index (χ0) is 11.9. The van der Waals surface area contributed by atoms with Crippen molar-refractivity contribution in [2.45, 2.75) is 38.5 Å². The molecule has 0 unspecified atom stereocenters. The summed E-state index contributed by atoms with van der Waals surface area (Å²) < 4.78 is 0. The van der Waals surface area contributed by atoms with Gasteiger partial charge >= 0.3 is 0 Å². The first-order chi connectivity index (χ1) is 7.58. The fourth-order valence-electron chi connectivity index (χ4n) is 1.50. The summed E-state index contributed by atoms with van der Waals surface area (Å²) in [7, 11) is -0.802. The average molecular weight is 252 g/mol. The smallest absolute Gasteiger partial charge is 0.0450 e. The summed E-state index contributed by atoms with van der Waals surface area (Å²) in [6.45, 7) is 7.37. The van der Waals surface area contributed by atoms with Gasteiger partial charge in [-0.1, -0.05) is 50.0 Å². The maximum atomic E-state index is 2.46. The van der Waals surface area contributed by atoms with Gasteiger partial charge in [-0.3, -0.25) is 0 Å². The molecule has 0 nitrogen and oxygen atoms in total. The fourth-order valence-corrected chi connectivity index (χ4v) is 5.08. The van der Waals surface area contributed by atoms with E-state index in [4.69, 9.17) is 0 Å². The second-order valence-corrected chi connectivity index (χ2v) is 12.4. The van der Waals surface area contributed by atoms with Gasteiger partial charge in [0.15, 0.2) is 0 Å². The van der Waals surface area contributed by atoms with E-state index in [1.807, 2.05) is 0 Å². The number of thioether (sulfide) groups is 1. The van der Waals surface area contributed by atoms with Crippen LogP contribution in [0.15, 0.2) is 30.3 Å². The van der Waals surface area contributed by atoms with Crippen LogP contribution < -0.4 is 0 Å². The lowest BCUT2D eigenvalue weighted by molar-refractivity contribution is 0.933. The van der Waals surface area contributed by atoms with Crippen molar-refractivity contribution < 1.29 is 0 Å². The topological polar surface area (TPSA) is 0 Å². The number of hydrogen-bond donors (Lipinski definition) is 0. The van der Waals surface area contributed by atoms with E-state index in [1.54, 1.807) is 0 Å². The lowest BCUT2D eigenvalue weighted by Gasteiger charge is -2.14. The summed E-state index contributed by atoms with van der Waals surface area (Å²) >= 11 is 2.13. The predicted octanol–water partition coefficient (Wildman–Crippen LogP) is 4.69. The van der Waals surface area contributed by atoms with Crippen LogP contribution in [-0.2, 0) is 6.42 Å². The first-order valence-corrected chi connectivity index (χ1v) is 11.1. The first-order valence-electron chi connectivity index (χ1n) is 6.20. The molecular formula is C14H24SSi. The van der Waals surface area contributed by atoms with E-state index in [2.05, 4.69) is 61.7 Å². The van der Waals surface area contributed by atoms with Gasteiger partial charge in [-0.15, -0.1) is 0 Å². The van der Waals surface area contributed by atoms with Crippen molar-refractivity contribution in [2.24, 2.45) is 0 Å². The Hall–Kier alpha value is -0.213. The Morgan fingerprint density at radius 2 is 1.69 bits per heavy atom. The fraction of sp³-hybridized carbons (Fsp3) is 0.571. The standard InChI is InChI=1S/C14H24SSi/c1-16(2,3)13-12-15-11-7-10-14-8-5-4-6-9-14/h4-6,8-9H,7,10-13H2,1-3H3. The molecule has 2 heteroatoms. The molecule has 1 aromatic rings. The highest BCUT2D eigenvalue weighted by Gasteiger charge is 2.11. The van der Waals surface area contributed by atoms with Crippen molar-refractivity contribution in [1.82, 2.24) is 0 Å². The molecule has 0 aromatic heterocycles. The molecule has 0 heterocycles. The molecular weight excluding hydrogens is 228 g/mol. The van der Waals surface area contributed by atoms with Crippen LogP contribution >= 0.6 is 11.8 Å². The zero-order valence-corrected chi connectivity index (χ0v) is 12.6. The molecule has 0 atom stereocenters. The van der Waals surface area contributed by atoms with E-state index in [1.165, 1.54) is 36.0 Å². The molecule has 0 N–H and O–H groups in total. The van der Waals surface area contributed by atoms with E-state index in [0.29, 0.717) is 0 Å². The van der Waals surface area contributed by atoms with Gasteiger partial charge in [0, 0.05) is 8.07 Å². The molecule has 0 radical (unpaired) electrons. The third-order valence-corrected chi connectivity index (χ3v) is 5.78. The lowest BCUT2D eigenvalue weighted by atomic mass is 10.1. The van der Waals surface area contributed by atoms with Crippen molar-refractivity contribution in [2.75, 3.05) is 11.5 Å². The van der Waals surface area contributed by atoms with Crippen LogP contribution in [-0.4, -0.2) is 19.6 Å². The highest BCUT2D eigenvalue weighted by atomic mass is 32.2. The number of rotatable bonds is 7. The molecule has 0 amide bonds. The van der Waals surface area contributed by atoms with Crippen molar-refractivity contribution >= 4 is 19.8 Å². The van der Waals surface area contributed by atoms with Crippen LogP contribution in [0.1, 0.15) is 12.0 Å². The SMILES string of the molecule is C[Si](C)(C)CCSCCCc1ccccc1. The largest absolute Gasteiger partial charge is 0.162 e. The highest BCUT2D eigenvalue weighted by Crippen LogP contribution is 2.15. The van der Waals surface area contributed by atoms with Gasteiger partial charge in [0.1, 0.15) is 0 Å². The van der Waals surface area contributed by atoms with Gasteiger partial charge in [-0.25, -0.2) is 0 Å². The second kappa shape index (κ2) is 7.18. The summed E-state index contributed by atoms with van der Waals surface area (Å²) in [5, 5.41) is 0. The Balaban J connectivity index is 2.01. The Morgan fingerprint density at radius 1 is 1.00 bits per heavy atom. The molecule has 0 aliphatic carbocycles. The first kappa shape index (κ1) is 13.9. The van der Waals surface area contributed by atoms with Crippen LogP contribution in [0.25, 0.3) is 0 Å². The van der Waals surface area contributed by atoms with E-state index in [0.717, 1.165) is 0 Å². The highest BCUT2D eigenvalue weighted by molar-refractivity contribution is 7.99. The Labute approximate surface area is 106 Å². The monoisotopic (exact) mass is 252 g/mol. The lowest BCUT2D eigenvalue weighted by Crippen LogP contribution is -2.19. The minimum Gasteiger partial charge on any atom is -0.162 e. The maximum absolute atomic E-state index is 2.46. The predicted molar refractivity (Wildman–Crippen MR) is 80.2 cm³/mol. The molecule has 1 rings (SSSR count). The Bertz CT molecular complexity index is 277. The van der Waals surface area contributed by atoms with Crippen LogP contribution in [0.3, 0.4) is 0 Å². The van der Waals surface area contributed by atoms with Crippen molar-refractivity contribution in [3.63, 3.8) is 0 Å². The third kappa shape index (κ3) is 7.13. The maximum Gasteiger partial charge on any atom is 0.0450 e.